The van der Waals surface area contributed by atoms with Crippen molar-refractivity contribution >= 4 is 5.78 Å². The minimum absolute atomic E-state index is 0.0208. The summed E-state index contributed by atoms with van der Waals surface area (Å²) in [6.07, 6.45) is 6.90. The molecule has 0 saturated carbocycles. The molecule has 1 heterocycles. The van der Waals surface area contributed by atoms with Crippen molar-refractivity contribution in [2.24, 2.45) is 11.8 Å². The number of hydrogen-bond acceptors (Lipinski definition) is 4. The van der Waals surface area contributed by atoms with Gasteiger partial charge < -0.3 is 9.15 Å². The molecule has 0 unspecified atom stereocenters. The average molecular weight is 399 g/mol. The SMILES string of the molecule is CCC(=O)[C@@H](C)C=C(C)[C@H]1C(C)=CC(C)=C[C@@]1(C)c1oc(OC)c(C)c(=O)c1C. The van der Waals surface area contributed by atoms with Gasteiger partial charge in [-0.2, -0.15) is 0 Å². The summed E-state index contributed by atoms with van der Waals surface area (Å²) in [5.74, 6) is 0.918. The van der Waals surface area contributed by atoms with E-state index in [2.05, 4.69) is 45.9 Å². The summed E-state index contributed by atoms with van der Waals surface area (Å²) < 4.78 is 11.5. The molecule has 4 heteroatoms. The molecule has 0 amide bonds. The Bertz CT molecular complexity index is 958. The monoisotopic (exact) mass is 398 g/mol. The number of carbonyl (C=O) groups excluding carboxylic acids is 1. The van der Waals surface area contributed by atoms with Crippen molar-refractivity contribution in [2.75, 3.05) is 7.11 Å². The Kier molecular flexibility index (Phi) is 6.77. The van der Waals surface area contributed by atoms with Crippen LogP contribution < -0.4 is 10.2 Å². The maximum absolute atomic E-state index is 12.9. The lowest BCUT2D eigenvalue weighted by Crippen LogP contribution is -2.36. The van der Waals surface area contributed by atoms with Crippen molar-refractivity contribution in [1.29, 1.82) is 0 Å². The quantitative estimate of drug-likeness (QED) is 0.585. The van der Waals surface area contributed by atoms with Gasteiger partial charge in [-0.1, -0.05) is 48.8 Å². The van der Waals surface area contributed by atoms with Crippen molar-refractivity contribution in [3.63, 3.8) is 0 Å². The zero-order chi connectivity index (χ0) is 22.1. The summed E-state index contributed by atoms with van der Waals surface area (Å²) in [5, 5.41) is 0. The van der Waals surface area contributed by atoms with Gasteiger partial charge in [0.1, 0.15) is 11.5 Å². The van der Waals surface area contributed by atoms with Gasteiger partial charge in [-0.05, 0) is 41.5 Å². The van der Waals surface area contributed by atoms with Crippen LogP contribution in [-0.4, -0.2) is 12.9 Å². The van der Waals surface area contributed by atoms with Crippen LogP contribution in [-0.2, 0) is 10.2 Å². The first kappa shape index (κ1) is 22.9. The molecule has 0 radical (unpaired) electrons. The first-order chi connectivity index (χ1) is 13.5. The Hall–Kier alpha value is -2.36. The van der Waals surface area contributed by atoms with E-state index >= 15 is 0 Å². The third-order valence-electron chi connectivity index (χ3n) is 6.06. The van der Waals surface area contributed by atoms with E-state index < -0.39 is 5.41 Å². The molecule has 0 fully saturated rings. The van der Waals surface area contributed by atoms with Gasteiger partial charge in [0.15, 0.2) is 5.43 Å². The molecule has 0 bridgehead atoms. The Labute approximate surface area is 174 Å². The first-order valence-corrected chi connectivity index (χ1v) is 10.2. The Balaban J connectivity index is 2.74. The first-order valence-electron chi connectivity index (χ1n) is 10.2. The lowest BCUT2D eigenvalue weighted by Gasteiger charge is -2.40. The van der Waals surface area contributed by atoms with E-state index in [1.54, 1.807) is 6.92 Å². The number of methoxy groups -OCH3 is 1. The summed E-state index contributed by atoms with van der Waals surface area (Å²) >= 11 is 0. The minimum atomic E-state index is -0.567. The van der Waals surface area contributed by atoms with E-state index in [-0.39, 0.29) is 29.0 Å². The smallest absolute Gasteiger partial charge is 0.291 e. The summed E-state index contributed by atoms with van der Waals surface area (Å²) in [6.45, 7) is 15.7. The average Bonchev–Trinajstić information content (AvgIpc) is 2.64. The molecular formula is C25H34O4. The second-order valence-corrected chi connectivity index (χ2v) is 8.51. The van der Waals surface area contributed by atoms with E-state index in [4.69, 9.17) is 9.15 Å². The van der Waals surface area contributed by atoms with Crippen LogP contribution >= 0.6 is 0 Å². The molecule has 3 atom stereocenters. The van der Waals surface area contributed by atoms with E-state index in [1.165, 1.54) is 12.7 Å². The topological polar surface area (TPSA) is 56.5 Å². The molecule has 4 nitrogen and oxygen atoms in total. The highest BCUT2D eigenvalue weighted by molar-refractivity contribution is 5.82. The van der Waals surface area contributed by atoms with E-state index in [1.807, 2.05) is 20.8 Å². The Morgan fingerprint density at radius 3 is 2.45 bits per heavy atom. The van der Waals surface area contributed by atoms with Gasteiger partial charge in [-0.25, -0.2) is 0 Å². The van der Waals surface area contributed by atoms with Gasteiger partial charge in [-0.15, -0.1) is 0 Å². The lowest BCUT2D eigenvalue weighted by atomic mass is 9.64. The predicted octanol–water partition coefficient (Wildman–Crippen LogP) is 5.61. The van der Waals surface area contributed by atoms with Crippen LogP contribution in [0.2, 0.25) is 0 Å². The van der Waals surface area contributed by atoms with Crippen LogP contribution in [0.3, 0.4) is 0 Å². The van der Waals surface area contributed by atoms with Crippen molar-refractivity contribution in [2.45, 2.75) is 67.2 Å². The van der Waals surface area contributed by atoms with E-state index in [9.17, 15) is 9.59 Å². The van der Waals surface area contributed by atoms with Gasteiger partial charge in [0.05, 0.1) is 18.1 Å². The molecule has 0 aliphatic heterocycles. The minimum Gasteiger partial charge on any atom is -0.468 e. The molecule has 0 aromatic carbocycles. The van der Waals surface area contributed by atoms with Crippen molar-refractivity contribution in [3.8, 4) is 5.95 Å². The highest BCUT2D eigenvalue weighted by Gasteiger charge is 2.42. The molecule has 1 aromatic heterocycles. The molecule has 0 spiro atoms. The van der Waals surface area contributed by atoms with Gasteiger partial charge in [0, 0.05) is 23.8 Å². The molecule has 1 aromatic rings. The fourth-order valence-electron chi connectivity index (χ4n) is 4.88. The number of rotatable bonds is 6. The molecular weight excluding hydrogens is 364 g/mol. The zero-order valence-corrected chi connectivity index (χ0v) is 19.2. The van der Waals surface area contributed by atoms with Gasteiger partial charge in [0.25, 0.3) is 5.95 Å². The van der Waals surface area contributed by atoms with Gasteiger partial charge in [0.2, 0.25) is 0 Å². The molecule has 0 N–H and O–H groups in total. The fourth-order valence-corrected chi connectivity index (χ4v) is 4.88. The Morgan fingerprint density at radius 1 is 1.28 bits per heavy atom. The number of Topliss-reactive ketones (excluding diaryl/α,β-unsaturated/α-hetero) is 1. The van der Waals surface area contributed by atoms with Crippen LogP contribution in [0.1, 0.15) is 64.9 Å². The summed E-state index contributed by atoms with van der Waals surface area (Å²) in [6, 6.07) is 0. The fraction of sp³-hybridized carbons (Fsp3) is 0.520. The van der Waals surface area contributed by atoms with Crippen molar-refractivity contribution in [3.05, 3.63) is 62.1 Å². The molecule has 158 valence electrons. The molecule has 0 saturated heterocycles. The largest absolute Gasteiger partial charge is 0.468 e. The van der Waals surface area contributed by atoms with Crippen LogP contribution in [0.5, 0.6) is 5.95 Å². The normalized spacial score (nSPS) is 23.3. The lowest BCUT2D eigenvalue weighted by molar-refractivity contribution is -0.120. The maximum atomic E-state index is 12.9. The van der Waals surface area contributed by atoms with Crippen LogP contribution in [0, 0.1) is 25.7 Å². The highest BCUT2D eigenvalue weighted by atomic mass is 16.6. The van der Waals surface area contributed by atoms with Crippen molar-refractivity contribution < 1.29 is 13.9 Å². The second kappa shape index (κ2) is 8.56. The van der Waals surface area contributed by atoms with E-state index in [0.717, 1.165) is 11.1 Å². The standard InChI is InChI=1S/C25H34O4/c1-10-20(26)15(3)12-17(5)21-16(4)11-14(2)13-25(21,8)23-18(6)22(27)19(7)24(28-9)29-23/h11-13,15,21H,10H2,1-9H3/t15-,21+,25+/m0/s1. The number of ketones is 1. The van der Waals surface area contributed by atoms with Crippen LogP contribution in [0.15, 0.2) is 44.2 Å². The summed E-state index contributed by atoms with van der Waals surface area (Å²) in [7, 11) is 1.51. The van der Waals surface area contributed by atoms with Gasteiger partial charge in [-0.3, -0.25) is 9.59 Å². The molecule has 2 rings (SSSR count). The van der Waals surface area contributed by atoms with E-state index in [0.29, 0.717) is 23.3 Å². The van der Waals surface area contributed by atoms with Crippen molar-refractivity contribution in [1.82, 2.24) is 0 Å². The molecule has 1 aliphatic carbocycles. The molecule has 1 aliphatic rings. The molecule has 29 heavy (non-hydrogen) atoms. The number of allylic oxidation sites excluding steroid dienone is 6. The number of carbonyl (C=O) groups is 1. The number of ether oxygens (including phenoxy) is 1. The second-order valence-electron chi connectivity index (χ2n) is 8.51. The number of hydrogen-bond donors (Lipinski definition) is 0. The highest BCUT2D eigenvalue weighted by Crippen LogP contribution is 2.47. The predicted molar refractivity (Wildman–Crippen MR) is 118 cm³/mol. The maximum Gasteiger partial charge on any atom is 0.291 e. The Morgan fingerprint density at radius 2 is 1.90 bits per heavy atom. The zero-order valence-electron chi connectivity index (χ0n) is 19.2. The van der Waals surface area contributed by atoms with Crippen LogP contribution in [0.4, 0.5) is 0 Å². The third-order valence-corrected chi connectivity index (χ3v) is 6.06. The van der Waals surface area contributed by atoms with Crippen LogP contribution in [0.25, 0.3) is 0 Å². The van der Waals surface area contributed by atoms with Gasteiger partial charge >= 0.3 is 0 Å². The summed E-state index contributed by atoms with van der Waals surface area (Å²) in [5.41, 5.74) is 3.85. The summed E-state index contributed by atoms with van der Waals surface area (Å²) in [4.78, 5) is 25.0. The third kappa shape index (κ3) is 4.17.